The Morgan fingerprint density at radius 1 is 1.27 bits per heavy atom. The molecule has 1 aromatic carbocycles. The molecule has 0 aliphatic carbocycles. The third-order valence-electron chi connectivity index (χ3n) is 1.35. The van der Waals surface area contributed by atoms with Crippen molar-refractivity contribution < 1.29 is 9.89 Å². The molecule has 8 heteroatoms. The van der Waals surface area contributed by atoms with E-state index >= 15 is 0 Å². The van der Waals surface area contributed by atoms with E-state index < -0.39 is 11.0 Å². The fourth-order valence-corrected chi connectivity index (χ4v) is 0.810. The quantitative estimate of drug-likeness (QED) is 0.193. The van der Waals surface area contributed by atoms with Crippen molar-refractivity contribution in [1.29, 1.82) is 0 Å². The predicted octanol–water partition coefficient (Wildman–Crippen LogP) is 0.787. The second-order valence-corrected chi connectivity index (χ2v) is 2.40. The molecule has 0 spiro atoms. The van der Waals surface area contributed by atoms with E-state index in [2.05, 4.69) is 10.2 Å². The Labute approximate surface area is 84.1 Å². The number of nitrogens with zero attached hydrogens (tertiary/aromatic N) is 4. The highest BCUT2D eigenvalue weighted by Gasteiger charge is 2.05. The summed E-state index contributed by atoms with van der Waals surface area (Å²) in [6.45, 7) is 0. The van der Waals surface area contributed by atoms with Crippen LogP contribution in [0.1, 0.15) is 0 Å². The molecule has 0 aliphatic rings. The van der Waals surface area contributed by atoms with Crippen LogP contribution in [-0.2, 0) is 0 Å². The molecule has 0 aliphatic heterocycles. The molecule has 0 atom stereocenters. The summed E-state index contributed by atoms with van der Waals surface area (Å²) in [6, 6.07) is 7.92. The molecule has 0 amide bonds. The van der Waals surface area contributed by atoms with E-state index in [9.17, 15) is 15.3 Å². The zero-order valence-corrected chi connectivity index (χ0v) is 7.48. The molecule has 0 saturated heterocycles. The number of rotatable bonds is 2. The highest BCUT2D eigenvalue weighted by molar-refractivity contribution is 5.76. The number of benzene rings is 1. The lowest BCUT2D eigenvalue weighted by Crippen LogP contribution is -2.13. The van der Waals surface area contributed by atoms with E-state index in [1.54, 1.807) is 18.2 Å². The first kappa shape index (κ1) is 10.6. The van der Waals surface area contributed by atoms with Crippen molar-refractivity contribution in [2.45, 2.75) is 0 Å². The Bertz CT molecular complexity index is 414. The molecule has 0 fully saturated rings. The normalized spacial score (nSPS) is 12.5. The van der Waals surface area contributed by atoms with Gasteiger partial charge in [0.25, 0.3) is 0 Å². The summed E-state index contributed by atoms with van der Waals surface area (Å²) in [5.74, 6) is -0.709. The van der Waals surface area contributed by atoms with Crippen LogP contribution in [0.3, 0.4) is 0 Å². The van der Waals surface area contributed by atoms with E-state index in [1.807, 2.05) is 0 Å². The smallest absolute Gasteiger partial charge is 0.356 e. The second-order valence-electron chi connectivity index (χ2n) is 2.40. The molecule has 0 aromatic heterocycles. The van der Waals surface area contributed by atoms with Crippen LogP contribution in [0.5, 0.6) is 0 Å². The van der Waals surface area contributed by atoms with Crippen LogP contribution in [0, 0.1) is 15.3 Å². The molecule has 1 aromatic rings. The predicted molar refractivity (Wildman–Crippen MR) is 50.8 cm³/mol. The van der Waals surface area contributed by atoms with E-state index in [-0.39, 0.29) is 10.5 Å². The number of nitrogens with two attached hydrogens (primary N) is 1. The number of nitro groups is 1. The average molecular weight is 209 g/mol. The maximum Gasteiger partial charge on any atom is 0.356 e. The van der Waals surface area contributed by atoms with E-state index in [0.717, 1.165) is 0 Å². The Balaban J connectivity index is 2.90. The minimum Gasteiger partial charge on any atom is -0.594 e. The largest absolute Gasteiger partial charge is 0.594 e. The van der Waals surface area contributed by atoms with Crippen molar-refractivity contribution in [3.8, 4) is 0 Å². The number of hydrogen-bond donors (Lipinski definition) is 1. The zero-order chi connectivity index (χ0) is 11.3. The van der Waals surface area contributed by atoms with E-state index in [4.69, 9.17) is 5.73 Å². The van der Waals surface area contributed by atoms with Gasteiger partial charge in [0.05, 0.1) is 5.11 Å². The van der Waals surface area contributed by atoms with Gasteiger partial charge in [-0.15, -0.1) is 0 Å². The maximum atomic E-state index is 11.2. The molecular weight excluding hydrogens is 202 g/mol. The van der Waals surface area contributed by atoms with E-state index in [1.165, 1.54) is 12.1 Å². The van der Waals surface area contributed by atoms with Crippen molar-refractivity contribution >= 4 is 11.6 Å². The third kappa shape index (κ3) is 3.38. The molecule has 8 nitrogen and oxygen atoms in total. The zero-order valence-electron chi connectivity index (χ0n) is 7.48. The fraction of sp³-hybridized carbons (Fsp3) is 0. The summed E-state index contributed by atoms with van der Waals surface area (Å²) in [4.78, 5) is 10.0. The minimum absolute atomic E-state index is 0.155. The van der Waals surface area contributed by atoms with Crippen molar-refractivity contribution in [3.05, 3.63) is 45.7 Å². The number of hydrogen-bond acceptors (Lipinski definition) is 3. The van der Waals surface area contributed by atoms with E-state index in [0.29, 0.717) is 0 Å². The van der Waals surface area contributed by atoms with Crippen LogP contribution >= 0.6 is 0 Å². The van der Waals surface area contributed by atoms with Crippen molar-refractivity contribution in [2.24, 2.45) is 15.9 Å². The van der Waals surface area contributed by atoms with Crippen LogP contribution in [0.25, 0.3) is 0 Å². The van der Waals surface area contributed by atoms with Gasteiger partial charge in [0.15, 0.2) is 5.03 Å². The van der Waals surface area contributed by atoms with Crippen LogP contribution < -0.4 is 5.73 Å². The van der Waals surface area contributed by atoms with Crippen LogP contribution in [-0.4, -0.2) is 15.9 Å². The Kier molecular flexibility index (Phi) is 3.28. The lowest BCUT2D eigenvalue weighted by atomic mass is 10.3. The highest BCUT2D eigenvalue weighted by atomic mass is 16.7. The van der Waals surface area contributed by atoms with Crippen molar-refractivity contribution in [2.75, 3.05) is 0 Å². The molecule has 78 valence electrons. The van der Waals surface area contributed by atoms with Gasteiger partial charge < -0.3 is 10.9 Å². The van der Waals surface area contributed by atoms with Gasteiger partial charge in [-0.1, -0.05) is 18.2 Å². The highest BCUT2D eigenvalue weighted by Crippen LogP contribution is 2.09. The molecule has 0 radical (unpaired) electrons. The second kappa shape index (κ2) is 4.65. The average Bonchev–Trinajstić information content (AvgIpc) is 2.17. The molecule has 0 saturated carbocycles. The monoisotopic (exact) mass is 209 g/mol. The maximum absolute atomic E-state index is 11.2. The van der Waals surface area contributed by atoms with Gasteiger partial charge >= 0.3 is 5.96 Å². The number of azo groups is 1. The summed E-state index contributed by atoms with van der Waals surface area (Å²) in [6.07, 6.45) is 0. The summed E-state index contributed by atoms with van der Waals surface area (Å²) in [5, 5.41) is 25.9. The van der Waals surface area contributed by atoms with Gasteiger partial charge in [-0.3, -0.25) is 0 Å². The summed E-state index contributed by atoms with van der Waals surface area (Å²) >= 11 is 0. The SMILES string of the molecule is NC(=N[N+](=O)[O-])N=[N+]([O-])c1ccccc1. The molecule has 15 heavy (non-hydrogen) atoms. The Morgan fingerprint density at radius 3 is 2.40 bits per heavy atom. The Morgan fingerprint density at radius 2 is 1.87 bits per heavy atom. The van der Waals surface area contributed by atoms with Crippen molar-refractivity contribution in [3.63, 3.8) is 0 Å². The van der Waals surface area contributed by atoms with Crippen molar-refractivity contribution in [1.82, 2.24) is 0 Å². The summed E-state index contributed by atoms with van der Waals surface area (Å²) in [5.41, 5.74) is 5.22. The summed E-state index contributed by atoms with van der Waals surface area (Å²) in [7, 11) is 0. The Hall–Kier alpha value is -2.51. The number of hydrazone groups is 1. The third-order valence-corrected chi connectivity index (χ3v) is 1.35. The molecule has 1 rings (SSSR count). The standard InChI is InChI=1S/C7H7N5O3/c8-7(10-12(14)15)9-11(13)6-4-2-1-3-5-6/h1-5H,(H2,8,10). The first-order valence-corrected chi connectivity index (χ1v) is 3.82. The van der Waals surface area contributed by atoms with Gasteiger partial charge in [0, 0.05) is 12.1 Å². The van der Waals surface area contributed by atoms with Crippen LogP contribution in [0.4, 0.5) is 5.69 Å². The van der Waals surface area contributed by atoms with Gasteiger partial charge in [0.2, 0.25) is 5.69 Å². The van der Waals surface area contributed by atoms with Crippen LogP contribution in [0.2, 0.25) is 0 Å². The summed E-state index contributed by atoms with van der Waals surface area (Å²) < 4.78 is 0. The first-order chi connectivity index (χ1) is 7.09. The van der Waals surface area contributed by atoms with Crippen LogP contribution in [0.15, 0.2) is 40.5 Å². The molecule has 0 unspecified atom stereocenters. The van der Waals surface area contributed by atoms with Gasteiger partial charge in [-0.25, -0.2) is 10.1 Å². The topological polar surface area (TPSA) is 120 Å². The van der Waals surface area contributed by atoms with Gasteiger partial charge in [-0.05, 0) is 4.86 Å². The molecule has 0 bridgehead atoms. The molecular formula is C7H7N5O3. The molecule has 2 N–H and O–H groups in total. The molecule has 0 heterocycles. The lowest BCUT2D eigenvalue weighted by molar-refractivity contribution is -0.487. The van der Waals surface area contributed by atoms with Gasteiger partial charge in [0.1, 0.15) is 5.10 Å². The lowest BCUT2D eigenvalue weighted by Gasteiger charge is -1.96. The first-order valence-electron chi connectivity index (χ1n) is 3.82. The minimum atomic E-state index is -1.03. The number of guanidine groups is 1. The van der Waals surface area contributed by atoms with Gasteiger partial charge in [-0.2, -0.15) is 0 Å². The fourth-order valence-electron chi connectivity index (χ4n) is 0.810. The number of para-hydroxylation sites is 1.